The van der Waals surface area contributed by atoms with Gasteiger partial charge in [-0.05, 0) is 26.7 Å². The molecule has 1 fully saturated rings. The van der Waals surface area contributed by atoms with E-state index >= 15 is 0 Å². The molecule has 0 spiro atoms. The van der Waals surface area contributed by atoms with Crippen molar-refractivity contribution in [3.63, 3.8) is 0 Å². The number of esters is 1. The van der Waals surface area contributed by atoms with Gasteiger partial charge < -0.3 is 9.64 Å². The summed E-state index contributed by atoms with van der Waals surface area (Å²) in [6.07, 6.45) is 1.02. The molecule has 2 rings (SSSR count). The van der Waals surface area contributed by atoms with Gasteiger partial charge in [0.25, 0.3) is 0 Å². The lowest BCUT2D eigenvalue weighted by molar-refractivity contribution is -0.152. The summed E-state index contributed by atoms with van der Waals surface area (Å²) in [6, 6.07) is 0. The molecule has 1 saturated heterocycles. The van der Waals surface area contributed by atoms with Crippen LogP contribution in [0.15, 0.2) is 0 Å². The van der Waals surface area contributed by atoms with Gasteiger partial charge in [-0.25, -0.2) is 0 Å². The Morgan fingerprint density at radius 3 is 2.55 bits per heavy atom. The fraction of sp³-hybridized carbons (Fsp3) is 0.615. The molecule has 1 aliphatic heterocycles. The van der Waals surface area contributed by atoms with Gasteiger partial charge in [0.15, 0.2) is 0 Å². The molecule has 0 radical (unpaired) electrons. The van der Waals surface area contributed by atoms with E-state index in [9.17, 15) is 14.4 Å². The van der Waals surface area contributed by atoms with E-state index in [-0.39, 0.29) is 11.9 Å². The molecule has 1 aromatic rings. The Morgan fingerprint density at radius 2 is 2.00 bits per heavy atom. The summed E-state index contributed by atoms with van der Waals surface area (Å²) < 4.78 is 4.97. The molecule has 120 valence electrons. The van der Waals surface area contributed by atoms with Crippen molar-refractivity contribution >= 4 is 34.3 Å². The van der Waals surface area contributed by atoms with Crippen molar-refractivity contribution in [2.75, 3.05) is 25.0 Å². The van der Waals surface area contributed by atoms with Crippen molar-refractivity contribution in [3.05, 3.63) is 5.01 Å². The van der Waals surface area contributed by atoms with Gasteiger partial charge in [0, 0.05) is 13.1 Å². The highest BCUT2D eigenvalue weighted by molar-refractivity contribution is 7.15. The molecule has 2 heterocycles. The van der Waals surface area contributed by atoms with Crippen LogP contribution in [0.4, 0.5) is 5.13 Å². The van der Waals surface area contributed by atoms with E-state index < -0.39 is 11.8 Å². The first kappa shape index (κ1) is 16.3. The summed E-state index contributed by atoms with van der Waals surface area (Å²) in [6.45, 7) is 4.60. The van der Waals surface area contributed by atoms with Gasteiger partial charge in [0.05, 0.1) is 12.5 Å². The number of carbonyl (C=O) groups excluding carboxylic acids is 3. The number of hydrogen-bond acceptors (Lipinski definition) is 7. The first-order chi connectivity index (χ1) is 10.5. The molecule has 2 amide bonds. The first-order valence-corrected chi connectivity index (χ1v) is 7.90. The molecule has 0 saturated carbocycles. The number of anilines is 1. The number of aryl methyl sites for hydroxylation is 1. The largest absolute Gasteiger partial charge is 0.466 e. The Labute approximate surface area is 131 Å². The normalized spacial score (nSPS) is 15.5. The molecule has 9 heteroatoms. The molecular weight excluding hydrogens is 308 g/mol. The summed E-state index contributed by atoms with van der Waals surface area (Å²) in [5.41, 5.74) is 0. The van der Waals surface area contributed by atoms with E-state index in [1.807, 2.05) is 0 Å². The van der Waals surface area contributed by atoms with E-state index in [1.54, 1.807) is 13.8 Å². The van der Waals surface area contributed by atoms with Gasteiger partial charge in [0.2, 0.25) is 5.13 Å². The maximum absolute atomic E-state index is 12.1. The minimum absolute atomic E-state index is 0.196. The highest BCUT2D eigenvalue weighted by Gasteiger charge is 2.31. The second-order valence-corrected chi connectivity index (χ2v) is 6.08. The van der Waals surface area contributed by atoms with Crippen LogP contribution in [0, 0.1) is 12.8 Å². The highest BCUT2D eigenvalue weighted by atomic mass is 32.1. The number of amides is 2. The first-order valence-electron chi connectivity index (χ1n) is 7.08. The highest BCUT2D eigenvalue weighted by Crippen LogP contribution is 2.19. The van der Waals surface area contributed by atoms with Crippen LogP contribution >= 0.6 is 11.3 Å². The number of rotatable bonds is 3. The fourth-order valence-electron chi connectivity index (χ4n) is 2.22. The van der Waals surface area contributed by atoms with E-state index in [0.29, 0.717) is 42.7 Å². The van der Waals surface area contributed by atoms with Gasteiger partial charge in [-0.2, -0.15) is 0 Å². The third kappa shape index (κ3) is 4.00. The third-order valence-electron chi connectivity index (χ3n) is 3.34. The summed E-state index contributed by atoms with van der Waals surface area (Å²) in [5.74, 6) is -1.78. The molecule has 0 unspecified atom stereocenters. The van der Waals surface area contributed by atoms with E-state index in [1.165, 1.54) is 16.2 Å². The minimum atomic E-state index is -0.731. The van der Waals surface area contributed by atoms with Gasteiger partial charge >= 0.3 is 17.8 Å². The Hall–Kier alpha value is -2.03. The molecule has 1 N–H and O–H groups in total. The molecule has 22 heavy (non-hydrogen) atoms. The molecule has 1 aliphatic rings. The molecule has 0 bridgehead atoms. The Bertz CT molecular complexity index is 566. The lowest BCUT2D eigenvalue weighted by Crippen LogP contribution is -2.45. The van der Waals surface area contributed by atoms with E-state index in [0.717, 1.165) is 0 Å². The number of aromatic nitrogens is 2. The minimum Gasteiger partial charge on any atom is -0.466 e. The van der Waals surface area contributed by atoms with Crippen LogP contribution in [0.5, 0.6) is 0 Å². The van der Waals surface area contributed by atoms with Crippen LogP contribution in [-0.4, -0.2) is 52.6 Å². The predicted molar refractivity (Wildman–Crippen MR) is 79.2 cm³/mol. The quantitative estimate of drug-likeness (QED) is 0.644. The number of ether oxygens (including phenoxy) is 1. The molecule has 0 aromatic carbocycles. The second kappa shape index (κ2) is 7.30. The molecular formula is C13H18N4O4S. The van der Waals surface area contributed by atoms with Crippen molar-refractivity contribution in [1.29, 1.82) is 0 Å². The van der Waals surface area contributed by atoms with Crippen molar-refractivity contribution in [1.82, 2.24) is 15.1 Å². The summed E-state index contributed by atoms with van der Waals surface area (Å²) in [7, 11) is 0. The monoisotopic (exact) mass is 326 g/mol. The molecule has 1 aromatic heterocycles. The van der Waals surface area contributed by atoms with Crippen LogP contribution in [0.1, 0.15) is 24.8 Å². The number of carbonyl (C=O) groups is 3. The second-order valence-electron chi connectivity index (χ2n) is 4.90. The van der Waals surface area contributed by atoms with Crippen molar-refractivity contribution in [2.24, 2.45) is 5.92 Å². The molecule has 0 aliphatic carbocycles. The summed E-state index contributed by atoms with van der Waals surface area (Å²) in [5, 5.41) is 11.0. The maximum Gasteiger partial charge on any atom is 0.315 e. The topological polar surface area (TPSA) is 101 Å². The maximum atomic E-state index is 12.1. The number of hydrogen-bond donors (Lipinski definition) is 1. The SMILES string of the molecule is CCOC(=O)C1CCN(C(=O)C(=O)Nc2nnc(C)s2)CC1. The third-order valence-corrected chi connectivity index (χ3v) is 4.10. The summed E-state index contributed by atoms with van der Waals surface area (Å²) in [4.78, 5) is 37.0. The summed E-state index contributed by atoms with van der Waals surface area (Å²) >= 11 is 1.20. The van der Waals surface area contributed by atoms with Gasteiger partial charge in [0.1, 0.15) is 5.01 Å². The predicted octanol–water partition coefficient (Wildman–Crippen LogP) is 0.587. The Balaban J connectivity index is 1.84. The molecule has 8 nitrogen and oxygen atoms in total. The van der Waals surface area contributed by atoms with Gasteiger partial charge in [-0.3, -0.25) is 19.7 Å². The van der Waals surface area contributed by atoms with Crippen LogP contribution < -0.4 is 5.32 Å². The van der Waals surface area contributed by atoms with Gasteiger partial charge in [-0.1, -0.05) is 11.3 Å². The van der Waals surface area contributed by atoms with Crippen molar-refractivity contribution in [2.45, 2.75) is 26.7 Å². The number of nitrogens with one attached hydrogen (secondary N) is 1. The van der Waals surface area contributed by atoms with Crippen molar-refractivity contribution in [3.8, 4) is 0 Å². The lowest BCUT2D eigenvalue weighted by atomic mass is 9.97. The standard InChI is InChI=1S/C13H18N4O4S/c1-3-21-12(20)9-4-6-17(7-5-9)11(19)10(18)14-13-16-15-8(2)22-13/h9H,3-7H2,1-2H3,(H,14,16,18). The smallest absolute Gasteiger partial charge is 0.315 e. The zero-order valence-corrected chi connectivity index (χ0v) is 13.3. The average molecular weight is 326 g/mol. The van der Waals surface area contributed by atoms with E-state index in [2.05, 4.69) is 15.5 Å². The lowest BCUT2D eigenvalue weighted by Gasteiger charge is -2.30. The number of likely N-dealkylation sites (tertiary alicyclic amines) is 1. The van der Waals surface area contributed by atoms with Crippen molar-refractivity contribution < 1.29 is 19.1 Å². The average Bonchev–Trinajstić information content (AvgIpc) is 2.92. The van der Waals surface area contributed by atoms with Crippen LogP contribution in [0.25, 0.3) is 0 Å². The Kier molecular flexibility index (Phi) is 5.42. The van der Waals surface area contributed by atoms with Gasteiger partial charge in [-0.15, -0.1) is 10.2 Å². The zero-order chi connectivity index (χ0) is 16.1. The zero-order valence-electron chi connectivity index (χ0n) is 12.5. The van der Waals surface area contributed by atoms with Crippen LogP contribution in [-0.2, 0) is 19.1 Å². The number of nitrogens with zero attached hydrogens (tertiary/aromatic N) is 3. The van der Waals surface area contributed by atoms with Crippen LogP contribution in [0.3, 0.4) is 0 Å². The molecule has 0 atom stereocenters. The van der Waals surface area contributed by atoms with Crippen LogP contribution in [0.2, 0.25) is 0 Å². The fourth-order valence-corrected chi connectivity index (χ4v) is 2.81. The number of piperidine rings is 1. The Morgan fingerprint density at radius 1 is 1.32 bits per heavy atom. The van der Waals surface area contributed by atoms with E-state index in [4.69, 9.17) is 4.74 Å².